The first-order valence-electron chi connectivity index (χ1n) is 5.16. The average Bonchev–Trinajstić information content (AvgIpc) is 2.65. The molecule has 1 aromatic rings. The fourth-order valence-electron chi connectivity index (χ4n) is 1.66. The van der Waals surface area contributed by atoms with E-state index in [0.29, 0.717) is 12.4 Å². The lowest BCUT2D eigenvalue weighted by atomic mass is 10.0. The van der Waals surface area contributed by atoms with Crippen molar-refractivity contribution in [2.45, 2.75) is 19.8 Å². The van der Waals surface area contributed by atoms with Gasteiger partial charge in [0.05, 0.1) is 12.5 Å². The van der Waals surface area contributed by atoms with Gasteiger partial charge in [-0.15, -0.1) is 0 Å². The molecule has 1 fully saturated rings. The Balaban J connectivity index is 1.91. The van der Waals surface area contributed by atoms with Crippen LogP contribution in [-0.4, -0.2) is 29.3 Å². The maximum atomic E-state index is 11.7. The van der Waals surface area contributed by atoms with E-state index in [1.165, 1.54) is 0 Å². The van der Waals surface area contributed by atoms with Gasteiger partial charge in [0.15, 0.2) is 5.82 Å². The van der Waals surface area contributed by atoms with Crippen LogP contribution in [0.25, 0.3) is 0 Å². The van der Waals surface area contributed by atoms with Crippen molar-refractivity contribution in [2.24, 2.45) is 5.92 Å². The van der Waals surface area contributed by atoms with Gasteiger partial charge in [-0.1, -0.05) is 0 Å². The van der Waals surface area contributed by atoms with Crippen LogP contribution in [0.5, 0.6) is 0 Å². The lowest BCUT2D eigenvalue weighted by Crippen LogP contribution is -2.30. The molecule has 1 aliphatic heterocycles. The summed E-state index contributed by atoms with van der Waals surface area (Å²) in [5.41, 5.74) is 0.935. The Kier molecular flexibility index (Phi) is 3.01. The predicted octanol–water partition coefficient (Wildman–Crippen LogP) is 1.08. The third-order valence-electron chi connectivity index (χ3n) is 2.49. The Morgan fingerprint density at radius 2 is 2.60 bits per heavy atom. The van der Waals surface area contributed by atoms with Gasteiger partial charge >= 0.3 is 0 Å². The van der Waals surface area contributed by atoms with E-state index in [0.717, 1.165) is 25.1 Å². The molecule has 0 spiro atoms. The normalized spacial score (nSPS) is 21.3. The molecule has 1 amide bonds. The minimum absolute atomic E-state index is 0.00111. The zero-order valence-corrected chi connectivity index (χ0v) is 8.75. The van der Waals surface area contributed by atoms with Crippen molar-refractivity contribution in [3.8, 4) is 0 Å². The molecule has 1 aliphatic rings. The van der Waals surface area contributed by atoms with Crippen LogP contribution in [-0.2, 0) is 9.53 Å². The van der Waals surface area contributed by atoms with E-state index in [1.54, 1.807) is 0 Å². The van der Waals surface area contributed by atoms with Crippen molar-refractivity contribution in [1.29, 1.82) is 0 Å². The summed E-state index contributed by atoms with van der Waals surface area (Å²) in [6.45, 7) is 3.19. The minimum Gasteiger partial charge on any atom is -0.381 e. The van der Waals surface area contributed by atoms with Gasteiger partial charge in [-0.3, -0.25) is 9.89 Å². The van der Waals surface area contributed by atoms with Crippen LogP contribution in [0.15, 0.2) is 6.07 Å². The molecule has 82 valence electrons. The highest BCUT2D eigenvalue weighted by Crippen LogP contribution is 2.15. The Labute approximate surface area is 88.2 Å². The van der Waals surface area contributed by atoms with Crippen molar-refractivity contribution in [3.63, 3.8) is 0 Å². The van der Waals surface area contributed by atoms with Crippen molar-refractivity contribution in [1.82, 2.24) is 10.2 Å². The zero-order chi connectivity index (χ0) is 10.7. The number of amides is 1. The summed E-state index contributed by atoms with van der Waals surface area (Å²) in [5, 5.41) is 9.50. The van der Waals surface area contributed by atoms with E-state index in [2.05, 4.69) is 15.5 Å². The Bertz CT molecular complexity index is 342. The quantitative estimate of drug-likeness (QED) is 0.766. The predicted molar refractivity (Wildman–Crippen MR) is 55.5 cm³/mol. The number of nitrogens with one attached hydrogen (secondary N) is 2. The molecule has 1 unspecified atom stereocenters. The van der Waals surface area contributed by atoms with Crippen molar-refractivity contribution in [3.05, 3.63) is 11.8 Å². The molecule has 2 N–H and O–H groups in total. The number of carbonyl (C=O) groups is 1. The molecule has 5 heteroatoms. The number of carbonyl (C=O) groups excluding carboxylic acids is 1. The first-order chi connectivity index (χ1) is 7.25. The van der Waals surface area contributed by atoms with Gasteiger partial charge in [0.1, 0.15) is 0 Å². The van der Waals surface area contributed by atoms with Crippen LogP contribution in [0.1, 0.15) is 18.5 Å². The fourth-order valence-corrected chi connectivity index (χ4v) is 1.66. The summed E-state index contributed by atoms with van der Waals surface area (Å²) >= 11 is 0. The number of aromatic amines is 1. The summed E-state index contributed by atoms with van der Waals surface area (Å²) in [5.74, 6) is 0.556. The SMILES string of the molecule is Cc1cc(NC(=O)C2CCCOC2)n[nH]1. The zero-order valence-electron chi connectivity index (χ0n) is 8.75. The number of aryl methyl sites for hydroxylation is 1. The molecule has 1 atom stereocenters. The van der Waals surface area contributed by atoms with E-state index in [1.807, 2.05) is 13.0 Å². The second-order valence-corrected chi connectivity index (χ2v) is 3.84. The number of rotatable bonds is 2. The van der Waals surface area contributed by atoms with Gasteiger partial charge in [0.2, 0.25) is 5.91 Å². The maximum Gasteiger partial charge on any atom is 0.231 e. The van der Waals surface area contributed by atoms with Crippen LogP contribution >= 0.6 is 0 Å². The van der Waals surface area contributed by atoms with Crippen LogP contribution in [0.2, 0.25) is 0 Å². The van der Waals surface area contributed by atoms with Crippen molar-refractivity contribution in [2.75, 3.05) is 18.5 Å². The van der Waals surface area contributed by atoms with Crippen LogP contribution in [0.3, 0.4) is 0 Å². The molecule has 1 saturated heterocycles. The average molecular weight is 209 g/mol. The molecule has 1 aromatic heterocycles. The Morgan fingerprint density at radius 3 is 3.20 bits per heavy atom. The third-order valence-corrected chi connectivity index (χ3v) is 2.49. The number of ether oxygens (including phenoxy) is 1. The molecular weight excluding hydrogens is 194 g/mol. The smallest absolute Gasteiger partial charge is 0.231 e. The van der Waals surface area contributed by atoms with Gasteiger partial charge in [0.25, 0.3) is 0 Å². The highest BCUT2D eigenvalue weighted by Gasteiger charge is 2.22. The van der Waals surface area contributed by atoms with Crippen molar-refractivity contribution < 1.29 is 9.53 Å². The largest absolute Gasteiger partial charge is 0.381 e. The maximum absolute atomic E-state index is 11.7. The molecule has 2 heterocycles. The van der Waals surface area contributed by atoms with E-state index < -0.39 is 0 Å². The van der Waals surface area contributed by atoms with E-state index in [4.69, 9.17) is 4.74 Å². The van der Waals surface area contributed by atoms with Gasteiger partial charge in [-0.05, 0) is 19.8 Å². The molecule has 5 nitrogen and oxygen atoms in total. The molecular formula is C10H15N3O2. The molecule has 0 bridgehead atoms. The number of hydrogen-bond acceptors (Lipinski definition) is 3. The highest BCUT2D eigenvalue weighted by molar-refractivity contribution is 5.91. The minimum atomic E-state index is -0.0317. The molecule has 2 rings (SSSR count). The monoisotopic (exact) mass is 209 g/mol. The number of aromatic nitrogens is 2. The number of hydrogen-bond donors (Lipinski definition) is 2. The number of anilines is 1. The lowest BCUT2D eigenvalue weighted by molar-refractivity contribution is -0.123. The molecule has 0 aromatic carbocycles. The fraction of sp³-hybridized carbons (Fsp3) is 0.600. The summed E-state index contributed by atoms with van der Waals surface area (Å²) in [7, 11) is 0. The standard InChI is InChI=1S/C10H15N3O2/c1-7-5-9(13-12-7)11-10(14)8-3-2-4-15-6-8/h5,8H,2-4,6H2,1H3,(H2,11,12,13,14). The lowest BCUT2D eigenvalue weighted by Gasteiger charge is -2.20. The van der Waals surface area contributed by atoms with Crippen molar-refractivity contribution >= 4 is 11.7 Å². The second kappa shape index (κ2) is 4.44. The highest BCUT2D eigenvalue weighted by atomic mass is 16.5. The summed E-state index contributed by atoms with van der Waals surface area (Å²) in [4.78, 5) is 11.7. The van der Waals surface area contributed by atoms with Gasteiger partial charge < -0.3 is 10.1 Å². The second-order valence-electron chi connectivity index (χ2n) is 3.84. The topological polar surface area (TPSA) is 67.0 Å². The van der Waals surface area contributed by atoms with E-state index in [-0.39, 0.29) is 11.8 Å². The summed E-state index contributed by atoms with van der Waals surface area (Å²) in [6, 6.07) is 1.81. The van der Waals surface area contributed by atoms with Gasteiger partial charge in [-0.2, -0.15) is 5.10 Å². The van der Waals surface area contributed by atoms with Crippen LogP contribution in [0.4, 0.5) is 5.82 Å². The summed E-state index contributed by atoms with van der Waals surface area (Å²) in [6.07, 6.45) is 1.85. The van der Waals surface area contributed by atoms with E-state index >= 15 is 0 Å². The van der Waals surface area contributed by atoms with E-state index in [9.17, 15) is 4.79 Å². The number of H-pyrrole nitrogens is 1. The van der Waals surface area contributed by atoms with Gasteiger partial charge in [-0.25, -0.2) is 0 Å². The molecule has 0 radical (unpaired) electrons. The first-order valence-corrected chi connectivity index (χ1v) is 5.16. The molecule has 15 heavy (non-hydrogen) atoms. The molecule has 0 saturated carbocycles. The van der Waals surface area contributed by atoms with Crippen LogP contribution in [0, 0.1) is 12.8 Å². The molecule has 0 aliphatic carbocycles. The van der Waals surface area contributed by atoms with Crippen LogP contribution < -0.4 is 5.32 Å². The first kappa shape index (κ1) is 10.2. The Morgan fingerprint density at radius 1 is 1.73 bits per heavy atom. The van der Waals surface area contributed by atoms with Gasteiger partial charge in [0, 0.05) is 18.4 Å². The third kappa shape index (κ3) is 2.56. The number of nitrogens with zero attached hydrogens (tertiary/aromatic N) is 1. The summed E-state index contributed by atoms with van der Waals surface area (Å²) < 4.78 is 5.26. The Hall–Kier alpha value is -1.36.